The topological polar surface area (TPSA) is 149 Å². The molecule has 1 unspecified atom stereocenters. The van der Waals surface area contributed by atoms with Crippen LogP contribution in [-0.2, 0) is 39.1 Å². The number of imide groups is 1. The van der Waals surface area contributed by atoms with E-state index in [1.807, 2.05) is 24.8 Å². The van der Waals surface area contributed by atoms with Gasteiger partial charge in [-0.25, -0.2) is 17.8 Å². The van der Waals surface area contributed by atoms with E-state index >= 15 is 4.39 Å². The van der Waals surface area contributed by atoms with Crippen molar-refractivity contribution in [2.75, 3.05) is 35.7 Å². The maximum atomic E-state index is 15.4. The number of amides is 2. The summed E-state index contributed by atoms with van der Waals surface area (Å²) in [4.78, 5) is 40.0. The number of piperidine rings is 2. The number of hydrogen-bond donors (Lipinski definition) is 3. The van der Waals surface area contributed by atoms with Crippen LogP contribution < -0.4 is 25.6 Å². The number of aromatic nitrogens is 2. The zero-order valence-corrected chi connectivity index (χ0v) is 35.9. The van der Waals surface area contributed by atoms with E-state index in [0.717, 1.165) is 48.3 Å². The first-order valence-electron chi connectivity index (χ1n) is 20.1. The number of aryl methyl sites for hydroxylation is 1. The molecule has 314 valence electrons. The van der Waals surface area contributed by atoms with Crippen molar-refractivity contribution < 1.29 is 27.1 Å². The molecule has 4 heterocycles. The van der Waals surface area contributed by atoms with Crippen LogP contribution in [0.15, 0.2) is 59.6 Å². The minimum atomic E-state index is -3.58. The molecule has 1 atom stereocenters. The molecule has 4 aromatic rings. The Morgan fingerprint density at radius 3 is 2.47 bits per heavy atom. The van der Waals surface area contributed by atoms with E-state index in [4.69, 9.17) is 16.3 Å². The molecule has 0 bridgehead atoms. The van der Waals surface area contributed by atoms with Gasteiger partial charge in [0.1, 0.15) is 16.6 Å². The zero-order chi connectivity index (χ0) is 42.2. The number of nitrogens with one attached hydrogen (secondary N) is 3. The summed E-state index contributed by atoms with van der Waals surface area (Å²) in [6.07, 6.45) is 3.93. The molecule has 3 aliphatic heterocycles. The molecule has 2 amide bonds. The van der Waals surface area contributed by atoms with E-state index in [1.165, 1.54) is 6.20 Å². The number of carbonyl (C=O) groups excluding carboxylic acids is 2. The maximum absolute atomic E-state index is 15.4. The summed E-state index contributed by atoms with van der Waals surface area (Å²) in [5.74, 6) is 0.334. The van der Waals surface area contributed by atoms with Crippen LogP contribution in [0.5, 0.6) is 5.75 Å². The predicted octanol–water partition coefficient (Wildman–Crippen LogP) is 7.26. The molecule has 13 nitrogen and oxygen atoms in total. The lowest BCUT2D eigenvalue weighted by molar-refractivity contribution is -0.137. The van der Waals surface area contributed by atoms with Crippen molar-refractivity contribution >= 4 is 62.1 Å². The van der Waals surface area contributed by atoms with Crippen molar-refractivity contribution in [2.45, 2.75) is 108 Å². The normalized spacial score (nSPS) is 17.8. The van der Waals surface area contributed by atoms with Crippen LogP contribution in [0, 0.1) is 12.7 Å². The van der Waals surface area contributed by atoms with Crippen LogP contribution in [0.2, 0.25) is 5.02 Å². The molecule has 2 fully saturated rings. The summed E-state index contributed by atoms with van der Waals surface area (Å²) >= 11 is 6.51. The third-order valence-electron chi connectivity index (χ3n) is 11.3. The number of nitrogens with zero attached hydrogens (tertiary/aromatic N) is 5. The van der Waals surface area contributed by atoms with Gasteiger partial charge in [-0.3, -0.25) is 24.7 Å². The van der Waals surface area contributed by atoms with E-state index in [9.17, 15) is 18.0 Å². The van der Waals surface area contributed by atoms with Crippen molar-refractivity contribution in [3.63, 3.8) is 0 Å². The molecule has 0 spiro atoms. The Morgan fingerprint density at radius 1 is 1.02 bits per heavy atom. The number of carbonyl (C=O) groups is 2. The molecule has 0 radical (unpaired) electrons. The van der Waals surface area contributed by atoms with Crippen LogP contribution in [0.3, 0.4) is 0 Å². The summed E-state index contributed by atoms with van der Waals surface area (Å²) in [5, 5.41) is 8.45. The number of ether oxygens (including phenoxy) is 1. The maximum Gasteiger partial charge on any atom is 0.243 e. The third kappa shape index (κ3) is 9.33. The predicted molar refractivity (Wildman–Crippen MR) is 228 cm³/mol. The number of halogens is 2. The van der Waals surface area contributed by atoms with Crippen LogP contribution in [0.4, 0.5) is 33.2 Å². The van der Waals surface area contributed by atoms with E-state index in [1.54, 1.807) is 44.2 Å². The Hall–Kier alpha value is -4.83. The van der Waals surface area contributed by atoms with Crippen molar-refractivity contribution in [2.24, 2.45) is 0 Å². The number of rotatable bonds is 13. The second-order valence-corrected chi connectivity index (χ2v) is 19.1. The lowest BCUT2D eigenvalue weighted by Gasteiger charge is -2.38. The Labute approximate surface area is 350 Å². The summed E-state index contributed by atoms with van der Waals surface area (Å²) < 4.78 is 47.9. The second-order valence-electron chi connectivity index (χ2n) is 16.3. The Morgan fingerprint density at radius 2 is 1.76 bits per heavy atom. The SMILES string of the molecule is Cc1cc(Nc2ncc(Cl)c(Nc3ccccc3S(=O)(=O)C(C)C)n2)c(OC(C)C)cc1N1CCC(N(C)Cc2cc(F)c3c(c2)CN(C2CCC(=O)NC2=O)C3)CC1. The molecule has 16 heteroatoms. The van der Waals surface area contributed by atoms with Gasteiger partial charge in [0.05, 0.1) is 39.9 Å². The molecular formula is C43H52ClFN8O5S. The first kappa shape index (κ1) is 42.3. The van der Waals surface area contributed by atoms with Crippen molar-refractivity contribution in [3.8, 4) is 5.75 Å². The molecule has 0 saturated carbocycles. The number of hydrogen-bond acceptors (Lipinski definition) is 12. The first-order valence-corrected chi connectivity index (χ1v) is 22.0. The Balaban J connectivity index is 1.01. The Bertz CT molecular complexity index is 2350. The molecule has 59 heavy (non-hydrogen) atoms. The van der Waals surface area contributed by atoms with Gasteiger partial charge in [0.2, 0.25) is 17.8 Å². The van der Waals surface area contributed by atoms with Crippen LogP contribution in [-0.4, -0.2) is 83.6 Å². The Kier molecular flexibility index (Phi) is 12.5. The van der Waals surface area contributed by atoms with Gasteiger partial charge in [-0.2, -0.15) is 4.98 Å². The fourth-order valence-electron chi connectivity index (χ4n) is 8.16. The largest absolute Gasteiger partial charge is 0.489 e. The quantitative estimate of drug-likeness (QED) is 0.116. The second kappa shape index (κ2) is 17.4. The minimum Gasteiger partial charge on any atom is -0.489 e. The smallest absolute Gasteiger partial charge is 0.243 e. The number of anilines is 5. The van der Waals surface area contributed by atoms with Gasteiger partial charge in [-0.05, 0) is 102 Å². The van der Waals surface area contributed by atoms with E-state index in [-0.39, 0.29) is 45.4 Å². The average molecular weight is 847 g/mol. The minimum absolute atomic E-state index is 0.113. The number of benzene rings is 3. The molecule has 1 aromatic heterocycles. The monoisotopic (exact) mass is 846 g/mol. The highest BCUT2D eigenvalue weighted by molar-refractivity contribution is 7.92. The summed E-state index contributed by atoms with van der Waals surface area (Å²) in [6.45, 7) is 12.4. The number of para-hydroxylation sites is 1. The van der Waals surface area contributed by atoms with E-state index in [0.29, 0.717) is 61.2 Å². The van der Waals surface area contributed by atoms with Crippen molar-refractivity contribution in [1.82, 2.24) is 25.1 Å². The lowest BCUT2D eigenvalue weighted by Crippen LogP contribution is -2.50. The summed E-state index contributed by atoms with van der Waals surface area (Å²) in [7, 11) is -1.49. The molecule has 0 aliphatic carbocycles. The molecule has 2 saturated heterocycles. The zero-order valence-electron chi connectivity index (χ0n) is 34.3. The molecule has 3 aliphatic rings. The third-order valence-corrected chi connectivity index (χ3v) is 13.8. The van der Waals surface area contributed by atoms with Gasteiger partial charge in [0.15, 0.2) is 15.7 Å². The van der Waals surface area contributed by atoms with Crippen molar-refractivity contribution in [3.05, 3.63) is 87.8 Å². The van der Waals surface area contributed by atoms with Crippen LogP contribution >= 0.6 is 11.6 Å². The van der Waals surface area contributed by atoms with Gasteiger partial charge in [0, 0.05) is 62.5 Å². The molecular weight excluding hydrogens is 795 g/mol. The van der Waals surface area contributed by atoms with Gasteiger partial charge < -0.3 is 20.3 Å². The molecule has 7 rings (SSSR count). The van der Waals surface area contributed by atoms with Crippen LogP contribution in [0.1, 0.15) is 75.6 Å². The van der Waals surface area contributed by atoms with Crippen molar-refractivity contribution in [1.29, 1.82) is 0 Å². The number of sulfone groups is 1. The molecule has 3 aromatic carbocycles. The number of fused-ring (bicyclic) bond motifs is 1. The van der Waals surface area contributed by atoms with Gasteiger partial charge in [-0.15, -0.1) is 0 Å². The first-order chi connectivity index (χ1) is 28.1. The van der Waals surface area contributed by atoms with Gasteiger partial charge >= 0.3 is 0 Å². The highest BCUT2D eigenvalue weighted by Gasteiger charge is 2.36. The summed E-state index contributed by atoms with van der Waals surface area (Å²) in [6, 6.07) is 14.3. The molecule has 3 N–H and O–H groups in total. The average Bonchev–Trinajstić information content (AvgIpc) is 3.61. The van der Waals surface area contributed by atoms with E-state index < -0.39 is 21.1 Å². The van der Waals surface area contributed by atoms with Gasteiger partial charge in [0.25, 0.3) is 0 Å². The van der Waals surface area contributed by atoms with E-state index in [2.05, 4.69) is 61.8 Å². The fraction of sp³-hybridized carbons (Fsp3) is 0.442. The van der Waals surface area contributed by atoms with Crippen LogP contribution in [0.25, 0.3) is 0 Å². The summed E-state index contributed by atoms with van der Waals surface area (Å²) in [5.41, 5.74) is 5.58. The highest BCUT2D eigenvalue weighted by Crippen LogP contribution is 2.38. The highest BCUT2D eigenvalue weighted by atomic mass is 35.5. The standard InChI is InChI=1S/C43H52ClFN8O5S/c1-25(2)58-38-20-37(27(5)17-35(38)48-43-46-21-32(44)41(50-43)47-34-9-7-8-10-39(34)59(56,57)26(3)4)52-15-13-30(14-16-52)51(6)22-28-18-29-23-53(24-31(29)33(45)19-28)36-11-12-40(54)49-42(36)55/h7-10,17-21,25-26,30,36H,11-16,22-24H2,1-6H3,(H,49,54,55)(H2,46,47,48,50). The lowest BCUT2D eigenvalue weighted by atomic mass is 10.00. The van der Waals surface area contributed by atoms with Gasteiger partial charge in [-0.1, -0.05) is 29.8 Å². The fourth-order valence-corrected chi connectivity index (χ4v) is 9.50.